The third-order valence-corrected chi connectivity index (χ3v) is 4.89. The van der Waals surface area contributed by atoms with E-state index in [4.69, 9.17) is 4.99 Å². The van der Waals surface area contributed by atoms with Crippen LogP contribution in [-0.2, 0) is 6.42 Å². The molecule has 1 saturated heterocycles. The number of hydrogen-bond donors (Lipinski definition) is 2. The SMILES string of the molecule is CCNC(=NCC1CCCN(CC)C1)NCCc1ccc(F)cc1C.I. The van der Waals surface area contributed by atoms with Gasteiger partial charge in [0.25, 0.3) is 0 Å². The Labute approximate surface area is 175 Å². The molecule has 1 aromatic rings. The van der Waals surface area contributed by atoms with Gasteiger partial charge in [-0.15, -0.1) is 24.0 Å². The van der Waals surface area contributed by atoms with Crippen molar-refractivity contribution in [1.82, 2.24) is 15.5 Å². The number of rotatable bonds is 7. The Bertz CT molecular complexity index is 565. The molecule has 6 heteroatoms. The van der Waals surface area contributed by atoms with Crippen LogP contribution in [0.5, 0.6) is 0 Å². The van der Waals surface area contributed by atoms with E-state index in [9.17, 15) is 4.39 Å². The summed E-state index contributed by atoms with van der Waals surface area (Å²) in [6.45, 7) is 12.3. The molecular formula is C20H34FIN4. The van der Waals surface area contributed by atoms with Crippen LogP contribution in [0.4, 0.5) is 4.39 Å². The number of likely N-dealkylation sites (tertiary alicyclic amines) is 1. The molecule has 0 amide bonds. The predicted molar refractivity (Wildman–Crippen MR) is 119 cm³/mol. The summed E-state index contributed by atoms with van der Waals surface area (Å²) in [5, 5.41) is 6.73. The van der Waals surface area contributed by atoms with Crippen LogP contribution in [0.2, 0.25) is 0 Å². The maximum absolute atomic E-state index is 13.2. The second-order valence-corrected chi connectivity index (χ2v) is 6.87. The molecule has 1 fully saturated rings. The van der Waals surface area contributed by atoms with Gasteiger partial charge in [0.05, 0.1) is 0 Å². The van der Waals surface area contributed by atoms with Crippen LogP contribution in [0.3, 0.4) is 0 Å². The minimum absolute atomic E-state index is 0. The number of hydrogen-bond acceptors (Lipinski definition) is 2. The maximum Gasteiger partial charge on any atom is 0.191 e. The zero-order valence-electron chi connectivity index (χ0n) is 16.4. The minimum Gasteiger partial charge on any atom is -0.357 e. The van der Waals surface area contributed by atoms with Crippen molar-refractivity contribution in [2.24, 2.45) is 10.9 Å². The van der Waals surface area contributed by atoms with Crippen molar-refractivity contribution in [1.29, 1.82) is 0 Å². The Morgan fingerprint density at radius 3 is 2.81 bits per heavy atom. The van der Waals surface area contributed by atoms with Gasteiger partial charge >= 0.3 is 0 Å². The van der Waals surface area contributed by atoms with Crippen LogP contribution in [0.25, 0.3) is 0 Å². The second kappa shape index (κ2) is 12.5. The average Bonchev–Trinajstić information content (AvgIpc) is 2.61. The lowest BCUT2D eigenvalue weighted by atomic mass is 9.98. The van der Waals surface area contributed by atoms with E-state index < -0.39 is 0 Å². The van der Waals surface area contributed by atoms with Crippen LogP contribution in [0.15, 0.2) is 23.2 Å². The molecule has 148 valence electrons. The topological polar surface area (TPSA) is 39.7 Å². The highest BCUT2D eigenvalue weighted by Gasteiger charge is 2.18. The zero-order valence-corrected chi connectivity index (χ0v) is 18.7. The standard InChI is InChI=1S/C20H33FN4.HI/c1-4-22-20(24-14-17-7-6-12-25(5-2)15-17)23-11-10-18-8-9-19(21)13-16(18)3;/h8-9,13,17H,4-7,10-12,14-15H2,1-3H3,(H2,22,23,24);1H. The van der Waals surface area contributed by atoms with E-state index in [-0.39, 0.29) is 29.8 Å². The second-order valence-electron chi connectivity index (χ2n) is 6.87. The predicted octanol–water partition coefficient (Wildman–Crippen LogP) is 3.58. The quantitative estimate of drug-likeness (QED) is 0.359. The summed E-state index contributed by atoms with van der Waals surface area (Å²) >= 11 is 0. The molecule has 1 aliphatic rings. The highest BCUT2D eigenvalue weighted by atomic mass is 127. The van der Waals surface area contributed by atoms with E-state index in [1.165, 1.54) is 31.0 Å². The molecule has 4 nitrogen and oxygen atoms in total. The van der Waals surface area contributed by atoms with Crippen LogP contribution in [0, 0.1) is 18.7 Å². The van der Waals surface area contributed by atoms with Gasteiger partial charge in [-0.25, -0.2) is 4.39 Å². The number of benzene rings is 1. The smallest absolute Gasteiger partial charge is 0.191 e. The van der Waals surface area contributed by atoms with Gasteiger partial charge in [0.2, 0.25) is 0 Å². The van der Waals surface area contributed by atoms with Crippen molar-refractivity contribution < 1.29 is 4.39 Å². The Kier molecular flexibility index (Phi) is 11.1. The van der Waals surface area contributed by atoms with E-state index >= 15 is 0 Å². The van der Waals surface area contributed by atoms with Crippen LogP contribution in [0.1, 0.15) is 37.8 Å². The average molecular weight is 476 g/mol. The molecule has 0 radical (unpaired) electrons. The van der Waals surface area contributed by atoms with Gasteiger partial charge in [-0.2, -0.15) is 0 Å². The van der Waals surface area contributed by atoms with E-state index in [0.29, 0.717) is 5.92 Å². The zero-order chi connectivity index (χ0) is 18.1. The largest absolute Gasteiger partial charge is 0.357 e. The monoisotopic (exact) mass is 476 g/mol. The number of aliphatic imine (C=N–C) groups is 1. The lowest BCUT2D eigenvalue weighted by Gasteiger charge is -2.31. The van der Waals surface area contributed by atoms with Gasteiger partial charge in [-0.05, 0) is 75.4 Å². The number of nitrogens with one attached hydrogen (secondary N) is 2. The first-order valence-electron chi connectivity index (χ1n) is 9.62. The highest BCUT2D eigenvalue weighted by Crippen LogP contribution is 2.16. The summed E-state index contributed by atoms with van der Waals surface area (Å²) in [5.41, 5.74) is 2.18. The Morgan fingerprint density at radius 2 is 2.12 bits per heavy atom. The van der Waals surface area contributed by atoms with E-state index in [0.717, 1.165) is 50.7 Å². The molecule has 1 atom stereocenters. The Morgan fingerprint density at radius 1 is 1.31 bits per heavy atom. The minimum atomic E-state index is -0.169. The van der Waals surface area contributed by atoms with Gasteiger partial charge in [0.15, 0.2) is 5.96 Å². The molecule has 1 unspecified atom stereocenters. The fourth-order valence-electron chi connectivity index (χ4n) is 3.41. The van der Waals surface area contributed by atoms with E-state index in [2.05, 4.69) is 29.4 Å². The third-order valence-electron chi connectivity index (χ3n) is 4.89. The third kappa shape index (κ3) is 7.78. The number of guanidine groups is 1. The Balaban J connectivity index is 0.00000338. The van der Waals surface area contributed by atoms with E-state index in [1.807, 2.05) is 13.0 Å². The molecule has 2 rings (SSSR count). The van der Waals surface area contributed by atoms with Gasteiger partial charge in [-0.3, -0.25) is 4.99 Å². The highest BCUT2D eigenvalue weighted by molar-refractivity contribution is 14.0. The molecular weight excluding hydrogens is 442 g/mol. The molecule has 26 heavy (non-hydrogen) atoms. The summed E-state index contributed by atoms with van der Waals surface area (Å²) in [6, 6.07) is 5.00. The first-order chi connectivity index (χ1) is 12.1. The molecule has 0 spiro atoms. The number of halogens is 2. The summed E-state index contributed by atoms with van der Waals surface area (Å²) in [6.07, 6.45) is 3.42. The molecule has 2 N–H and O–H groups in total. The van der Waals surface area contributed by atoms with Gasteiger partial charge in [-0.1, -0.05) is 13.0 Å². The summed E-state index contributed by atoms with van der Waals surface area (Å²) in [7, 11) is 0. The van der Waals surface area contributed by atoms with Crippen molar-refractivity contribution in [3.63, 3.8) is 0 Å². The van der Waals surface area contributed by atoms with Crippen molar-refractivity contribution >= 4 is 29.9 Å². The molecule has 1 heterocycles. The van der Waals surface area contributed by atoms with Crippen molar-refractivity contribution in [3.8, 4) is 0 Å². The number of nitrogens with zero attached hydrogens (tertiary/aromatic N) is 2. The number of piperidine rings is 1. The summed E-state index contributed by atoms with van der Waals surface area (Å²) < 4.78 is 13.2. The van der Waals surface area contributed by atoms with Crippen LogP contribution in [-0.4, -0.2) is 50.1 Å². The van der Waals surface area contributed by atoms with Crippen LogP contribution < -0.4 is 10.6 Å². The van der Waals surface area contributed by atoms with Gasteiger partial charge in [0, 0.05) is 26.2 Å². The molecule has 1 aromatic carbocycles. The van der Waals surface area contributed by atoms with Gasteiger partial charge < -0.3 is 15.5 Å². The van der Waals surface area contributed by atoms with E-state index in [1.54, 1.807) is 6.07 Å². The first kappa shape index (κ1) is 23.1. The lowest BCUT2D eigenvalue weighted by molar-refractivity contribution is 0.186. The maximum atomic E-state index is 13.2. The summed E-state index contributed by atoms with van der Waals surface area (Å²) in [4.78, 5) is 7.30. The lowest BCUT2D eigenvalue weighted by Crippen LogP contribution is -2.40. The van der Waals surface area contributed by atoms with Crippen molar-refractivity contribution in [2.75, 3.05) is 39.3 Å². The first-order valence-corrected chi connectivity index (χ1v) is 9.62. The molecule has 0 aliphatic carbocycles. The summed E-state index contributed by atoms with van der Waals surface area (Å²) in [5.74, 6) is 1.37. The molecule has 0 saturated carbocycles. The van der Waals surface area contributed by atoms with Gasteiger partial charge in [0.1, 0.15) is 5.82 Å². The van der Waals surface area contributed by atoms with Crippen molar-refractivity contribution in [3.05, 3.63) is 35.1 Å². The molecule has 1 aliphatic heterocycles. The van der Waals surface area contributed by atoms with Crippen molar-refractivity contribution in [2.45, 2.75) is 40.0 Å². The number of aryl methyl sites for hydroxylation is 1. The molecule has 0 bridgehead atoms. The normalized spacial score (nSPS) is 18.3. The van der Waals surface area contributed by atoms with Crippen LogP contribution >= 0.6 is 24.0 Å². The molecule has 0 aromatic heterocycles. The fraction of sp³-hybridized carbons (Fsp3) is 0.650. The fourth-order valence-corrected chi connectivity index (χ4v) is 3.41. The Hall–Kier alpha value is -0.890.